The number of para-hydroxylation sites is 2. The van der Waals surface area contributed by atoms with Crippen LogP contribution in [0.5, 0.6) is 23.0 Å². The number of hydrogen-bond acceptors (Lipinski definition) is 5. The monoisotopic (exact) mass is 1730 g/mol. The van der Waals surface area contributed by atoms with Gasteiger partial charge in [-0.15, -0.1) is 11.3 Å². The number of nitrogens with zero attached hydrogens (tertiary/aromatic N) is 2. The lowest BCUT2D eigenvalue weighted by Crippen LogP contribution is -2.52. The van der Waals surface area contributed by atoms with Gasteiger partial charge in [0.15, 0.2) is 0 Å². The van der Waals surface area contributed by atoms with Crippen LogP contribution < -0.4 is 52.1 Å². The van der Waals surface area contributed by atoms with Gasteiger partial charge >= 0.3 is 0 Å². The molecule has 135 heavy (non-hydrogen) atoms. The van der Waals surface area contributed by atoms with E-state index in [4.69, 9.17) is 9.47 Å². The lowest BCUT2D eigenvalue weighted by atomic mass is 9.35. The highest BCUT2D eigenvalue weighted by atomic mass is 32.1. The van der Waals surface area contributed by atoms with Crippen LogP contribution in [0.15, 0.2) is 485 Å². The molecule has 0 atom stereocenters. The summed E-state index contributed by atoms with van der Waals surface area (Å²) in [5, 5.41) is 29.6. The van der Waals surface area contributed by atoms with E-state index in [1.165, 1.54) is 177 Å². The highest BCUT2D eigenvalue weighted by molar-refractivity contribution is 7.26. The van der Waals surface area contributed by atoms with Crippen LogP contribution in [0, 0.1) is 0 Å². The van der Waals surface area contributed by atoms with Crippen LogP contribution in [0.4, 0.5) is 34.1 Å². The van der Waals surface area contributed by atoms with Crippen LogP contribution in [0.1, 0.15) is 0 Å². The molecule has 626 valence electrons. The van der Waals surface area contributed by atoms with Crippen molar-refractivity contribution in [1.82, 2.24) is 0 Å². The Morgan fingerprint density at radius 1 is 0.185 bits per heavy atom. The summed E-state index contributed by atoms with van der Waals surface area (Å²) in [6.07, 6.45) is 0. The minimum absolute atomic E-state index is 0.0140. The summed E-state index contributed by atoms with van der Waals surface area (Å²) in [6.45, 7) is -0.0359. The van der Waals surface area contributed by atoms with Crippen molar-refractivity contribution < 1.29 is 9.47 Å². The van der Waals surface area contributed by atoms with Gasteiger partial charge in [0.05, 0.1) is 21.8 Å². The van der Waals surface area contributed by atoms with Crippen LogP contribution >= 0.6 is 11.3 Å². The number of fused-ring (bicyclic) bond motifs is 21. The lowest BCUT2D eigenvalue weighted by Gasteiger charge is -2.30. The van der Waals surface area contributed by atoms with Crippen molar-refractivity contribution in [3.05, 3.63) is 485 Å². The largest absolute Gasteiger partial charge is 0.456 e. The number of hydrogen-bond donors (Lipinski definition) is 0. The molecule has 0 spiro atoms. The molecule has 0 bridgehead atoms. The van der Waals surface area contributed by atoms with Crippen LogP contribution in [-0.2, 0) is 0 Å². The average molecular weight is 1730 g/mol. The van der Waals surface area contributed by atoms with Gasteiger partial charge in [-0.05, 0) is 204 Å². The van der Waals surface area contributed by atoms with Gasteiger partial charge in [-0.3, -0.25) is 0 Å². The molecule has 1 aromatic heterocycles. The molecule has 2 aliphatic rings. The molecule has 0 radical (unpaired) electrons. The maximum atomic E-state index is 7.19. The summed E-state index contributed by atoms with van der Waals surface area (Å²) in [6, 6.07) is 178. The van der Waals surface area contributed by atoms with Gasteiger partial charge in [0.2, 0.25) is 13.4 Å². The molecule has 0 amide bonds. The van der Waals surface area contributed by atoms with Crippen molar-refractivity contribution in [2.24, 2.45) is 0 Å². The third-order valence-electron chi connectivity index (χ3n) is 28.5. The van der Waals surface area contributed by atoms with Crippen molar-refractivity contribution >= 4 is 230 Å². The number of anilines is 6. The van der Waals surface area contributed by atoms with Gasteiger partial charge in [0, 0.05) is 77.5 Å². The van der Waals surface area contributed by atoms with Crippen molar-refractivity contribution in [3.8, 4) is 56.4 Å². The Hall–Kier alpha value is -17.1. The molecule has 26 aromatic rings. The Kier molecular flexibility index (Phi) is 18.4. The molecule has 0 aliphatic carbocycles. The maximum Gasteiger partial charge on any atom is 0.243 e. The summed E-state index contributed by atoms with van der Waals surface area (Å²) >= 11 is 1.85. The second-order valence-electron chi connectivity index (χ2n) is 35.8. The predicted molar refractivity (Wildman–Crippen MR) is 579 cm³/mol. The minimum Gasteiger partial charge on any atom is -0.456 e. The average Bonchev–Trinajstić information content (AvgIpc) is 1.42. The fourth-order valence-electron chi connectivity index (χ4n) is 22.6. The summed E-state index contributed by atoms with van der Waals surface area (Å²) in [5.41, 5.74) is 21.1. The second-order valence-corrected chi connectivity index (χ2v) is 36.8. The topological polar surface area (TPSA) is 24.9 Å². The first-order valence-electron chi connectivity index (χ1n) is 46.6. The molecule has 3 heterocycles. The predicted octanol–water partition coefficient (Wildman–Crippen LogP) is 31.6. The van der Waals surface area contributed by atoms with Crippen molar-refractivity contribution in [1.29, 1.82) is 0 Å². The first kappa shape index (κ1) is 77.8. The molecule has 4 nitrogen and oxygen atoms in total. The lowest BCUT2D eigenvalue weighted by molar-refractivity contribution is 0.487. The quantitative estimate of drug-likeness (QED) is 0.0848. The molecule has 0 N–H and O–H groups in total. The van der Waals surface area contributed by atoms with E-state index in [0.717, 1.165) is 84.6 Å². The van der Waals surface area contributed by atoms with Crippen LogP contribution in [0.2, 0.25) is 0 Å². The zero-order chi connectivity index (χ0) is 88.7. The molecule has 7 heteroatoms. The van der Waals surface area contributed by atoms with Crippen molar-refractivity contribution in [2.75, 3.05) is 9.80 Å². The van der Waals surface area contributed by atoms with Gasteiger partial charge < -0.3 is 19.3 Å². The van der Waals surface area contributed by atoms with E-state index in [0.29, 0.717) is 0 Å². The van der Waals surface area contributed by atoms with Crippen LogP contribution in [0.3, 0.4) is 0 Å². The molecule has 25 aromatic carbocycles. The van der Waals surface area contributed by atoms with Crippen LogP contribution in [-0.4, -0.2) is 13.4 Å². The fourth-order valence-corrected chi connectivity index (χ4v) is 23.8. The summed E-state index contributed by atoms with van der Waals surface area (Å²) in [7, 11) is 0. The Bertz CT molecular complexity index is 9290. The van der Waals surface area contributed by atoms with Gasteiger partial charge in [-0.25, -0.2) is 0 Å². The van der Waals surface area contributed by atoms with E-state index in [1.54, 1.807) is 0 Å². The van der Waals surface area contributed by atoms with Crippen LogP contribution in [0.25, 0.3) is 172 Å². The highest BCUT2D eigenvalue weighted by Crippen LogP contribution is 2.56. The fraction of sp³-hybridized carbons (Fsp3) is 0. The molecule has 2 aliphatic heterocycles. The molecule has 28 rings (SSSR count). The Balaban J connectivity index is 0.000000138. The summed E-state index contributed by atoms with van der Waals surface area (Å²) in [5.74, 6) is 3.43. The first-order chi connectivity index (χ1) is 67.0. The Morgan fingerprint density at radius 2 is 0.578 bits per heavy atom. The smallest absolute Gasteiger partial charge is 0.243 e. The second kappa shape index (κ2) is 31.9. The van der Waals surface area contributed by atoms with Gasteiger partial charge in [0.1, 0.15) is 23.0 Å². The first-order valence-corrected chi connectivity index (χ1v) is 47.4. The van der Waals surface area contributed by atoms with Gasteiger partial charge in [-0.1, -0.05) is 421 Å². The number of thiophene rings is 1. The van der Waals surface area contributed by atoms with Crippen molar-refractivity contribution in [3.63, 3.8) is 0 Å². The molecule has 0 saturated carbocycles. The molecule has 0 saturated heterocycles. The third kappa shape index (κ3) is 12.8. The molecular formula is C128H80B2N2O2S. The standard InChI is InChI=1S/C68H42BNOS.C60H38BNO/c1-2-18-45(19-3-1)49-26-10-12-34-62(49)70(63-35-16-31-55-53-29-11-13-37-66(53)72-68(55)63)46-38-39-52-58-41-56-50-27-8-9-28-51(50)61(42-57(56)54-30-17-36-64(67(54)58)71-65(52)40-46)69(59-32-14-22-43-20-4-6-24-47(43)59)60-33-15-23-44-21-5-7-25-48(44)60;1-3-20-41(21-4-1)61(55-31-15-19-39-17-7-10-25-45(39)55)56-38-53-51-30-16-32-58-60(51)54(37-52(53)47-27-11-13-28-48(47)56)50-34-33-43(36-59(50)63-58)62(42-22-5-2-6-23-42)57-35-40-18-8-9-24-44(40)46-26-12-14-29-49(46)57/h1-42H;1-38H. The molecule has 0 fully saturated rings. The zero-order valence-electron chi connectivity index (χ0n) is 73.5. The van der Waals surface area contributed by atoms with E-state index in [1.807, 2.05) is 11.3 Å². The maximum absolute atomic E-state index is 7.19. The minimum atomic E-state index is -0.0499. The molecule has 0 unspecified atom stereocenters. The Labute approximate surface area is 785 Å². The normalized spacial score (nSPS) is 12.0. The van der Waals surface area contributed by atoms with E-state index in [2.05, 4.69) is 495 Å². The third-order valence-corrected chi connectivity index (χ3v) is 29.7. The molecular weight excluding hydrogens is 1650 g/mol. The number of benzene rings is 25. The number of ether oxygens (including phenoxy) is 2. The van der Waals surface area contributed by atoms with E-state index < -0.39 is 0 Å². The van der Waals surface area contributed by atoms with Crippen molar-refractivity contribution in [2.45, 2.75) is 0 Å². The SMILES string of the molecule is c1ccc(-c2ccccc2N(c2ccc3c(c2)Oc2cccc4c2c-3cc2c3ccccc3c(B(c3cccc5ccccc35)c3cccc5ccccc35)cc42)c2cccc3c2sc2ccccc23)cc1.c1ccc(B(c2cccc3ccccc23)c2cc3c4cccc5c4c(cc3c3ccccc23)-c2ccc(N(c3ccccc3)c3cc4ccccc4c4ccccc34)cc2O5)cc1. The Morgan fingerprint density at radius 3 is 1.15 bits per heavy atom. The van der Waals surface area contributed by atoms with E-state index in [9.17, 15) is 0 Å². The summed E-state index contributed by atoms with van der Waals surface area (Å²) in [4.78, 5) is 4.82. The van der Waals surface area contributed by atoms with Gasteiger partial charge in [-0.2, -0.15) is 0 Å². The van der Waals surface area contributed by atoms with Gasteiger partial charge in [0.25, 0.3) is 0 Å². The summed E-state index contributed by atoms with van der Waals surface area (Å²) < 4.78 is 16.8. The highest BCUT2D eigenvalue weighted by Gasteiger charge is 2.34. The van der Waals surface area contributed by atoms with E-state index in [-0.39, 0.29) is 13.4 Å². The van der Waals surface area contributed by atoms with E-state index >= 15 is 0 Å². The number of rotatable bonds is 13. The zero-order valence-corrected chi connectivity index (χ0v) is 74.3.